The second-order valence-corrected chi connectivity index (χ2v) is 6.50. The minimum atomic E-state index is -0.504. The van der Waals surface area contributed by atoms with Gasteiger partial charge in [-0.25, -0.2) is 4.79 Å². The van der Waals surface area contributed by atoms with Crippen LogP contribution in [-0.2, 0) is 17.7 Å². The van der Waals surface area contributed by atoms with E-state index < -0.39 is 11.7 Å². The first-order valence-corrected chi connectivity index (χ1v) is 6.96. The van der Waals surface area contributed by atoms with Crippen molar-refractivity contribution in [2.75, 3.05) is 0 Å². The Morgan fingerprint density at radius 1 is 1.55 bits per heavy atom. The maximum atomic E-state index is 11.5. The molecule has 20 heavy (non-hydrogen) atoms. The molecule has 1 aliphatic carbocycles. The number of nitrogens with one attached hydrogen (secondary N) is 1. The van der Waals surface area contributed by atoms with Crippen LogP contribution in [0.3, 0.4) is 0 Å². The molecule has 0 bridgehead atoms. The first-order chi connectivity index (χ1) is 9.26. The summed E-state index contributed by atoms with van der Waals surface area (Å²) in [6.07, 6.45) is 3.47. The van der Waals surface area contributed by atoms with Gasteiger partial charge in [-0.15, -0.1) is 0 Å². The van der Waals surface area contributed by atoms with Gasteiger partial charge in [-0.05, 0) is 46.5 Å². The zero-order valence-corrected chi connectivity index (χ0v) is 12.4. The third-order valence-corrected chi connectivity index (χ3v) is 3.18. The third-order valence-electron chi connectivity index (χ3n) is 3.18. The van der Waals surface area contributed by atoms with E-state index in [-0.39, 0.29) is 12.1 Å². The van der Waals surface area contributed by atoms with Crippen molar-refractivity contribution in [3.63, 3.8) is 0 Å². The van der Waals surface area contributed by atoms with E-state index in [0.29, 0.717) is 5.76 Å². The lowest BCUT2D eigenvalue weighted by molar-refractivity contribution is 0.0519. The Balaban J connectivity index is 1.73. The van der Waals surface area contributed by atoms with Crippen LogP contribution < -0.4 is 11.1 Å². The van der Waals surface area contributed by atoms with Crippen LogP contribution in [0.1, 0.15) is 51.5 Å². The highest BCUT2D eigenvalue weighted by Crippen LogP contribution is 2.36. The number of alkyl carbamates (subject to hydrolysis) is 1. The number of hydrogen-bond acceptors (Lipinski definition) is 5. The van der Waals surface area contributed by atoms with E-state index in [1.165, 1.54) is 0 Å². The van der Waals surface area contributed by atoms with Crippen molar-refractivity contribution in [2.45, 2.75) is 64.1 Å². The molecular formula is C14H23N3O3. The molecule has 2 rings (SSSR count). The first-order valence-electron chi connectivity index (χ1n) is 6.96. The number of aromatic nitrogens is 1. The summed E-state index contributed by atoms with van der Waals surface area (Å²) in [7, 11) is 0. The van der Waals surface area contributed by atoms with Gasteiger partial charge in [0.25, 0.3) is 0 Å². The minimum Gasteiger partial charge on any atom is -0.444 e. The highest BCUT2D eigenvalue weighted by Gasteiger charge is 2.37. The van der Waals surface area contributed by atoms with Gasteiger partial charge in [-0.1, -0.05) is 5.16 Å². The number of carbonyl (C=O) groups is 1. The van der Waals surface area contributed by atoms with Crippen LogP contribution in [0.15, 0.2) is 10.6 Å². The number of amides is 1. The lowest BCUT2D eigenvalue weighted by Crippen LogP contribution is -2.32. The van der Waals surface area contributed by atoms with Gasteiger partial charge in [-0.3, -0.25) is 0 Å². The summed E-state index contributed by atoms with van der Waals surface area (Å²) in [5.41, 5.74) is 6.42. The molecule has 0 aromatic carbocycles. The van der Waals surface area contributed by atoms with Crippen molar-refractivity contribution in [1.29, 1.82) is 0 Å². The Bertz CT molecular complexity index is 472. The third kappa shape index (κ3) is 4.85. The summed E-state index contributed by atoms with van der Waals surface area (Å²) >= 11 is 0. The fourth-order valence-corrected chi connectivity index (χ4v) is 1.82. The molecule has 3 N–H and O–H groups in total. The summed E-state index contributed by atoms with van der Waals surface area (Å²) in [5, 5.41) is 6.61. The van der Waals surface area contributed by atoms with Crippen molar-refractivity contribution >= 4 is 6.09 Å². The van der Waals surface area contributed by atoms with E-state index in [1.54, 1.807) is 0 Å². The van der Waals surface area contributed by atoms with Crippen LogP contribution in [0, 0.1) is 0 Å². The van der Waals surface area contributed by atoms with E-state index in [1.807, 2.05) is 26.8 Å². The monoisotopic (exact) mass is 281 g/mol. The highest BCUT2D eigenvalue weighted by atomic mass is 16.6. The van der Waals surface area contributed by atoms with Crippen LogP contribution in [0.25, 0.3) is 0 Å². The van der Waals surface area contributed by atoms with Crippen LogP contribution in [0.5, 0.6) is 0 Å². The first kappa shape index (κ1) is 14.8. The van der Waals surface area contributed by atoms with Gasteiger partial charge >= 0.3 is 6.09 Å². The molecule has 112 valence electrons. The second-order valence-electron chi connectivity index (χ2n) is 6.50. The van der Waals surface area contributed by atoms with Crippen molar-refractivity contribution in [3.8, 4) is 0 Å². The molecule has 0 unspecified atom stereocenters. The van der Waals surface area contributed by atoms with E-state index in [2.05, 4.69) is 10.5 Å². The number of carbonyl (C=O) groups excluding carboxylic acids is 1. The molecule has 6 nitrogen and oxygen atoms in total. The van der Waals surface area contributed by atoms with Crippen molar-refractivity contribution in [3.05, 3.63) is 17.5 Å². The van der Waals surface area contributed by atoms with Gasteiger partial charge in [-0.2, -0.15) is 0 Å². The predicted octanol–water partition coefficient (Wildman–Crippen LogP) is 2.12. The zero-order chi connectivity index (χ0) is 14.8. The molecular weight excluding hydrogens is 258 g/mol. The molecule has 1 amide bonds. The van der Waals surface area contributed by atoms with E-state index >= 15 is 0 Å². The lowest BCUT2D eigenvalue weighted by atomic mass is 10.1. The Labute approximate surface area is 119 Å². The summed E-state index contributed by atoms with van der Waals surface area (Å²) in [6.45, 7) is 5.73. The molecule has 0 spiro atoms. The molecule has 0 saturated heterocycles. The summed E-state index contributed by atoms with van der Waals surface area (Å²) in [4.78, 5) is 11.5. The number of aryl methyl sites for hydroxylation is 1. The van der Waals surface area contributed by atoms with E-state index in [4.69, 9.17) is 15.0 Å². The molecule has 1 fully saturated rings. The average molecular weight is 281 g/mol. The predicted molar refractivity (Wildman–Crippen MR) is 74.1 cm³/mol. The molecule has 0 atom stereocenters. The number of nitrogens with two attached hydrogens (primary N) is 1. The Morgan fingerprint density at radius 3 is 2.85 bits per heavy atom. The summed E-state index contributed by atoms with van der Waals surface area (Å²) in [5.74, 6) is 0.618. The number of ether oxygens (including phenoxy) is 1. The molecule has 1 aliphatic rings. The van der Waals surface area contributed by atoms with Crippen LogP contribution in [0.4, 0.5) is 4.79 Å². The molecule has 0 radical (unpaired) electrons. The van der Waals surface area contributed by atoms with Crippen LogP contribution in [0.2, 0.25) is 0 Å². The maximum Gasteiger partial charge on any atom is 0.408 e. The Morgan fingerprint density at radius 2 is 2.25 bits per heavy atom. The molecule has 6 heteroatoms. The Hall–Kier alpha value is -1.56. The number of nitrogens with zero attached hydrogens (tertiary/aromatic N) is 1. The average Bonchev–Trinajstić information content (AvgIpc) is 2.89. The van der Waals surface area contributed by atoms with Crippen molar-refractivity contribution < 1.29 is 14.1 Å². The smallest absolute Gasteiger partial charge is 0.408 e. The minimum absolute atomic E-state index is 0.0217. The molecule has 1 aromatic heterocycles. The SMILES string of the molecule is CC(C)(C)OC(=O)NCc1cc(CCC2(N)CC2)no1. The fraction of sp³-hybridized carbons (Fsp3) is 0.714. The maximum absolute atomic E-state index is 11.5. The molecule has 1 saturated carbocycles. The molecule has 0 aliphatic heterocycles. The van der Waals surface area contributed by atoms with Gasteiger partial charge in [0.1, 0.15) is 5.60 Å². The van der Waals surface area contributed by atoms with Crippen LogP contribution in [-0.4, -0.2) is 22.4 Å². The standard InChI is InChI=1S/C14H23N3O3/c1-13(2,3)19-12(18)16-9-11-8-10(17-20-11)4-5-14(15)6-7-14/h8H,4-7,9,15H2,1-3H3,(H,16,18). The summed E-state index contributed by atoms with van der Waals surface area (Å²) in [6, 6.07) is 1.85. The van der Waals surface area contributed by atoms with Crippen LogP contribution >= 0.6 is 0 Å². The van der Waals surface area contributed by atoms with Gasteiger partial charge in [0.2, 0.25) is 0 Å². The fourth-order valence-electron chi connectivity index (χ4n) is 1.82. The summed E-state index contributed by atoms with van der Waals surface area (Å²) < 4.78 is 10.3. The molecule has 1 aromatic rings. The van der Waals surface area contributed by atoms with E-state index in [9.17, 15) is 4.79 Å². The second kappa shape index (κ2) is 5.44. The number of rotatable bonds is 5. The lowest BCUT2D eigenvalue weighted by Gasteiger charge is -2.19. The largest absolute Gasteiger partial charge is 0.444 e. The van der Waals surface area contributed by atoms with Gasteiger partial charge in [0.05, 0.1) is 12.2 Å². The zero-order valence-electron chi connectivity index (χ0n) is 12.4. The topological polar surface area (TPSA) is 90.4 Å². The van der Waals surface area contributed by atoms with Gasteiger partial charge in [0, 0.05) is 11.6 Å². The Kier molecular flexibility index (Phi) is 4.04. The van der Waals surface area contributed by atoms with Gasteiger partial charge < -0.3 is 20.3 Å². The van der Waals surface area contributed by atoms with Crippen molar-refractivity contribution in [2.24, 2.45) is 5.73 Å². The number of hydrogen-bond donors (Lipinski definition) is 2. The highest BCUT2D eigenvalue weighted by molar-refractivity contribution is 5.67. The quantitative estimate of drug-likeness (QED) is 0.862. The van der Waals surface area contributed by atoms with E-state index in [0.717, 1.165) is 31.4 Å². The normalized spacial score (nSPS) is 16.8. The molecule has 1 heterocycles. The van der Waals surface area contributed by atoms with Gasteiger partial charge in [0.15, 0.2) is 5.76 Å². The van der Waals surface area contributed by atoms with Crippen molar-refractivity contribution in [1.82, 2.24) is 10.5 Å².